The molecule has 2 aliphatic heterocycles. The average molecular weight is 516 g/mol. The monoisotopic (exact) mass is 515 g/mol. The van der Waals surface area contributed by atoms with Gasteiger partial charge in [0.15, 0.2) is 6.29 Å². The lowest BCUT2D eigenvalue weighted by molar-refractivity contribution is 0.0549. The number of nitrogens with zero attached hydrogens (tertiary/aromatic N) is 3. The van der Waals surface area contributed by atoms with Crippen LogP contribution in [0.1, 0.15) is 54.5 Å². The number of ether oxygens (including phenoxy) is 1. The number of thiazole rings is 1. The van der Waals surface area contributed by atoms with Crippen molar-refractivity contribution in [2.24, 2.45) is 0 Å². The highest BCUT2D eigenvalue weighted by molar-refractivity contribution is 7.09. The van der Waals surface area contributed by atoms with Crippen molar-refractivity contribution in [1.82, 2.24) is 25.4 Å². The van der Waals surface area contributed by atoms with E-state index in [1.54, 1.807) is 11.5 Å². The molecule has 0 saturated carbocycles. The van der Waals surface area contributed by atoms with Crippen molar-refractivity contribution in [1.29, 1.82) is 0 Å². The summed E-state index contributed by atoms with van der Waals surface area (Å²) in [6.07, 6.45) is 14.0. The molecule has 2 N–H and O–H groups in total. The number of carbonyl (C=O) groups excluding carboxylic acids is 2. The van der Waals surface area contributed by atoms with Crippen molar-refractivity contribution >= 4 is 23.7 Å². The molecule has 36 heavy (non-hydrogen) atoms. The van der Waals surface area contributed by atoms with Gasteiger partial charge >= 0.3 is 6.03 Å². The molecular formula is C27H41N5O3S. The fraction of sp³-hybridized carbons (Fsp3) is 0.519. The SMILES string of the molecule is C=CCNC(=O)N1CCC(c2nc(C=O)cs2)CC1.CC.CNC1=C(N2CCOCC2)C=CCC=C1. The largest absolute Gasteiger partial charge is 0.386 e. The predicted octanol–water partition coefficient (Wildman–Crippen LogP) is 4.32. The van der Waals surface area contributed by atoms with Crippen LogP contribution in [0.4, 0.5) is 4.79 Å². The van der Waals surface area contributed by atoms with Crippen molar-refractivity contribution < 1.29 is 14.3 Å². The van der Waals surface area contributed by atoms with Crippen LogP contribution in [0.5, 0.6) is 0 Å². The molecule has 2 amide bonds. The van der Waals surface area contributed by atoms with Gasteiger partial charge in [-0.3, -0.25) is 4.79 Å². The Morgan fingerprint density at radius 3 is 2.50 bits per heavy atom. The van der Waals surface area contributed by atoms with E-state index in [9.17, 15) is 9.59 Å². The summed E-state index contributed by atoms with van der Waals surface area (Å²) in [6.45, 7) is 13.1. The van der Waals surface area contributed by atoms with Gasteiger partial charge in [0.1, 0.15) is 5.69 Å². The van der Waals surface area contributed by atoms with Gasteiger partial charge in [-0.25, -0.2) is 9.78 Å². The summed E-state index contributed by atoms with van der Waals surface area (Å²) in [5, 5.41) is 8.82. The second kappa shape index (κ2) is 16.7. The standard InChI is InChI=1S/C13H17N3O2S.C12H18N2O.C2H6/c1-2-5-14-13(18)16-6-3-10(4-7-16)12-15-11(8-17)9-19-12;1-13-11-5-3-2-4-6-12(11)14-7-9-15-10-8-14;1-2/h2,8-10H,1,3-7H2,(H,14,18);3-6,13H,2,7-10H2,1H3;1-2H3. The third kappa shape index (κ3) is 8.95. The zero-order valence-corrected chi connectivity index (χ0v) is 22.7. The first-order chi connectivity index (χ1) is 17.7. The van der Waals surface area contributed by atoms with E-state index in [1.807, 2.05) is 25.8 Å². The minimum Gasteiger partial charge on any atom is -0.386 e. The first-order valence-corrected chi connectivity index (χ1v) is 13.7. The minimum absolute atomic E-state index is 0.0360. The molecule has 3 heterocycles. The molecule has 8 nitrogen and oxygen atoms in total. The number of likely N-dealkylation sites (N-methyl/N-ethyl adjacent to an activating group) is 1. The topological polar surface area (TPSA) is 86.8 Å². The van der Waals surface area contributed by atoms with Crippen molar-refractivity contribution in [2.75, 3.05) is 53.0 Å². The van der Waals surface area contributed by atoms with Crippen LogP contribution in [0.25, 0.3) is 0 Å². The Balaban J connectivity index is 0.000000243. The van der Waals surface area contributed by atoms with E-state index in [0.717, 1.165) is 69.9 Å². The Kier molecular flexibility index (Phi) is 13.6. The molecule has 2 saturated heterocycles. The van der Waals surface area contributed by atoms with E-state index in [1.165, 1.54) is 22.7 Å². The maximum absolute atomic E-state index is 11.8. The summed E-state index contributed by atoms with van der Waals surface area (Å²) in [5.74, 6) is 0.363. The molecule has 0 radical (unpaired) electrons. The Morgan fingerprint density at radius 1 is 1.19 bits per heavy atom. The summed E-state index contributed by atoms with van der Waals surface area (Å²) in [6, 6.07) is -0.0360. The average Bonchev–Trinajstić information content (AvgIpc) is 3.31. The lowest BCUT2D eigenvalue weighted by Gasteiger charge is -2.31. The maximum Gasteiger partial charge on any atom is 0.317 e. The molecule has 2 fully saturated rings. The molecule has 1 aliphatic carbocycles. The van der Waals surface area contributed by atoms with Crippen molar-refractivity contribution in [3.63, 3.8) is 0 Å². The molecule has 198 valence electrons. The van der Waals surface area contributed by atoms with Crippen LogP contribution in [-0.4, -0.2) is 80.1 Å². The fourth-order valence-electron chi connectivity index (χ4n) is 4.05. The van der Waals surface area contributed by atoms with Gasteiger partial charge in [0.25, 0.3) is 0 Å². The van der Waals surface area contributed by atoms with Crippen molar-refractivity contribution in [3.05, 3.63) is 64.4 Å². The number of nitrogens with one attached hydrogen (secondary N) is 2. The van der Waals surface area contributed by atoms with Crippen LogP contribution in [0.2, 0.25) is 0 Å². The number of hydrogen-bond acceptors (Lipinski definition) is 7. The normalized spacial score (nSPS) is 17.8. The molecule has 3 aliphatic rings. The molecule has 1 aromatic rings. The number of amides is 2. The Morgan fingerprint density at radius 2 is 1.89 bits per heavy atom. The molecule has 1 aromatic heterocycles. The van der Waals surface area contributed by atoms with E-state index in [4.69, 9.17) is 4.74 Å². The number of aldehydes is 1. The third-order valence-electron chi connectivity index (χ3n) is 5.92. The molecule has 0 spiro atoms. The number of rotatable bonds is 6. The fourth-order valence-corrected chi connectivity index (χ4v) is 4.99. The first kappa shape index (κ1) is 29.3. The Bertz CT molecular complexity index is 910. The highest BCUT2D eigenvalue weighted by atomic mass is 32.1. The van der Waals surface area contributed by atoms with E-state index in [-0.39, 0.29) is 6.03 Å². The number of allylic oxidation sites excluding steroid dienone is 4. The summed E-state index contributed by atoms with van der Waals surface area (Å²) in [5.41, 5.74) is 2.99. The van der Waals surface area contributed by atoms with Crippen LogP contribution < -0.4 is 10.6 Å². The highest BCUT2D eigenvalue weighted by Crippen LogP contribution is 2.30. The lowest BCUT2D eigenvalue weighted by Crippen LogP contribution is -2.44. The van der Waals surface area contributed by atoms with Gasteiger partial charge in [0.2, 0.25) is 0 Å². The van der Waals surface area contributed by atoms with E-state index in [2.05, 4.69) is 51.4 Å². The van der Waals surface area contributed by atoms with E-state index < -0.39 is 0 Å². The van der Waals surface area contributed by atoms with Gasteiger partial charge in [-0.2, -0.15) is 0 Å². The molecule has 0 bridgehead atoms. The molecule has 0 unspecified atom stereocenters. The van der Waals surface area contributed by atoms with Crippen LogP contribution in [0, 0.1) is 0 Å². The first-order valence-electron chi connectivity index (χ1n) is 12.8. The minimum atomic E-state index is -0.0360. The Hall–Kier alpha value is -2.91. The summed E-state index contributed by atoms with van der Waals surface area (Å²) in [4.78, 5) is 30.9. The van der Waals surface area contributed by atoms with Crippen molar-refractivity contribution in [2.45, 2.75) is 39.0 Å². The number of likely N-dealkylation sites (tertiary alicyclic amines) is 1. The van der Waals surface area contributed by atoms with Gasteiger partial charge in [-0.15, -0.1) is 17.9 Å². The number of morpholine rings is 1. The van der Waals surface area contributed by atoms with Crippen LogP contribution in [0.3, 0.4) is 0 Å². The summed E-state index contributed by atoms with van der Waals surface area (Å²) < 4.78 is 5.36. The molecule has 0 atom stereocenters. The molecule has 9 heteroatoms. The summed E-state index contributed by atoms with van der Waals surface area (Å²) >= 11 is 1.53. The zero-order valence-electron chi connectivity index (χ0n) is 21.9. The number of hydrogen-bond donors (Lipinski definition) is 2. The van der Waals surface area contributed by atoms with Gasteiger partial charge in [0, 0.05) is 51.1 Å². The lowest BCUT2D eigenvalue weighted by atomic mass is 9.98. The van der Waals surface area contributed by atoms with Gasteiger partial charge < -0.3 is 25.2 Å². The Labute approximate surface area is 219 Å². The number of carbonyl (C=O) groups is 2. The van der Waals surface area contributed by atoms with Crippen molar-refractivity contribution in [3.8, 4) is 0 Å². The van der Waals surface area contributed by atoms with Crippen LogP contribution in [0.15, 0.2) is 53.7 Å². The van der Waals surface area contributed by atoms with E-state index in [0.29, 0.717) is 18.2 Å². The number of urea groups is 1. The van der Waals surface area contributed by atoms with Gasteiger partial charge in [0.05, 0.1) is 29.6 Å². The predicted molar refractivity (Wildman–Crippen MR) is 147 cm³/mol. The second-order valence-electron chi connectivity index (χ2n) is 8.15. The quantitative estimate of drug-likeness (QED) is 0.433. The second-order valence-corrected chi connectivity index (χ2v) is 9.04. The molecule has 4 rings (SSSR count). The van der Waals surface area contributed by atoms with Crippen LogP contribution in [-0.2, 0) is 4.74 Å². The highest BCUT2D eigenvalue weighted by Gasteiger charge is 2.25. The zero-order chi connectivity index (χ0) is 26.2. The molecular weight excluding hydrogens is 474 g/mol. The number of piperidine rings is 1. The van der Waals surface area contributed by atoms with E-state index >= 15 is 0 Å². The third-order valence-corrected chi connectivity index (χ3v) is 6.94. The van der Waals surface area contributed by atoms with Crippen LogP contribution >= 0.6 is 11.3 Å². The molecule has 0 aromatic carbocycles. The smallest absolute Gasteiger partial charge is 0.317 e. The maximum atomic E-state index is 11.8. The van der Waals surface area contributed by atoms with Gasteiger partial charge in [-0.05, 0) is 31.4 Å². The number of aromatic nitrogens is 1. The van der Waals surface area contributed by atoms with Gasteiger partial charge in [-0.1, -0.05) is 32.1 Å². The summed E-state index contributed by atoms with van der Waals surface area (Å²) in [7, 11) is 1.97.